The van der Waals surface area contributed by atoms with Gasteiger partial charge in [-0.3, -0.25) is 4.79 Å². The zero-order valence-electron chi connectivity index (χ0n) is 9.27. The fraction of sp³-hybridized carbons (Fsp3) is 0.889. The first-order chi connectivity index (χ1) is 6.82. The summed E-state index contributed by atoms with van der Waals surface area (Å²) in [4.78, 5) is 11.5. The van der Waals surface area contributed by atoms with Gasteiger partial charge in [-0.2, -0.15) is 0 Å². The minimum Gasteiger partial charge on any atom is -0.469 e. The highest BCUT2D eigenvalue weighted by Crippen LogP contribution is 2.37. The Morgan fingerprint density at radius 1 is 1.79 bits per heavy atom. The van der Waals surface area contributed by atoms with Crippen LogP contribution in [0.4, 0.5) is 8.78 Å². The Balaban J connectivity index is 2.96. The van der Waals surface area contributed by atoms with E-state index in [1.807, 2.05) is 0 Å². The van der Waals surface area contributed by atoms with Gasteiger partial charge < -0.3 is 10.1 Å². The summed E-state index contributed by atoms with van der Waals surface area (Å²) in [6.07, 6.45) is -3.51. The quantitative estimate of drug-likeness (QED) is 0.689. The van der Waals surface area contributed by atoms with E-state index in [9.17, 15) is 13.6 Å². The number of hydrogen-bond acceptors (Lipinski definition) is 3. The van der Waals surface area contributed by atoms with Crippen LogP contribution in [0.5, 0.6) is 0 Å². The lowest BCUT2D eigenvalue weighted by Crippen LogP contribution is -2.52. The third-order valence-electron chi connectivity index (χ3n) is 2.79. The molecule has 0 aromatic rings. The molecule has 0 unspecified atom stereocenters. The largest absolute Gasteiger partial charge is 0.469 e. The molecule has 0 radical (unpaired) electrons. The summed E-state index contributed by atoms with van der Waals surface area (Å²) in [5, 5.41) is 2.88. The molecule has 1 aliphatic rings. The zero-order chi connectivity index (χ0) is 11.7. The van der Waals surface area contributed by atoms with Gasteiger partial charge in [-0.05, 0) is 19.9 Å². The maximum Gasteiger partial charge on any atom is 0.313 e. The van der Waals surface area contributed by atoms with Crippen molar-refractivity contribution in [2.75, 3.05) is 20.2 Å². The van der Waals surface area contributed by atoms with Crippen LogP contribution < -0.4 is 5.32 Å². The Labute approximate surface area is 83.2 Å². The van der Waals surface area contributed by atoms with Gasteiger partial charge in [-0.1, -0.05) is 0 Å². The number of methoxy groups -OCH3 is 1. The van der Waals surface area contributed by atoms with Gasteiger partial charge in [0.2, 0.25) is 6.40 Å². The molecule has 0 saturated carbocycles. The van der Waals surface area contributed by atoms with Gasteiger partial charge in [-0.25, -0.2) is 8.78 Å². The second-order valence-electron chi connectivity index (χ2n) is 3.72. The second kappa shape index (κ2) is 4.21. The highest BCUT2D eigenvalue weighted by Gasteiger charge is 2.48. The highest BCUT2D eigenvalue weighted by molar-refractivity contribution is 5.77. The highest BCUT2D eigenvalue weighted by atomic mass is 19.3. The van der Waals surface area contributed by atoms with Gasteiger partial charge in [0.15, 0.2) is 0 Å². The van der Waals surface area contributed by atoms with Crippen LogP contribution >= 0.6 is 0 Å². The summed E-state index contributed by atoms with van der Waals surface area (Å²) in [7, 11) is 1.17. The molecule has 82 valence electrons. The number of rotatable bonds is 2. The van der Waals surface area contributed by atoms with Crippen LogP contribution in [0, 0.1) is 11.3 Å². The summed E-state index contributed by atoms with van der Waals surface area (Å²) in [5.41, 5.74) is -1.32. The van der Waals surface area contributed by atoms with Crippen molar-refractivity contribution in [2.24, 2.45) is 11.3 Å². The van der Waals surface area contributed by atoms with Gasteiger partial charge >= 0.3 is 5.97 Å². The maximum atomic E-state index is 13.0. The molecule has 1 N–H and O–H groups in total. The summed E-state index contributed by atoms with van der Waals surface area (Å²) in [6.45, 7) is 1.93. The van der Waals surface area contributed by atoms with Crippen molar-refractivity contribution in [3.05, 3.63) is 0 Å². The Hall–Kier alpha value is -0.710. The molecule has 0 aliphatic carbocycles. The Morgan fingerprint density at radius 3 is 2.93 bits per heavy atom. The summed E-state index contributed by atoms with van der Waals surface area (Å²) < 4.78 is 37.4. The zero-order valence-corrected chi connectivity index (χ0v) is 8.27. The Kier molecular flexibility index (Phi) is 2.96. The van der Waals surface area contributed by atoms with E-state index in [1.54, 1.807) is 0 Å². The monoisotopic (exact) mass is 208 g/mol. The molecule has 1 aliphatic heterocycles. The molecule has 5 heteroatoms. The molecule has 3 nitrogen and oxygen atoms in total. The fourth-order valence-corrected chi connectivity index (χ4v) is 1.83. The third kappa shape index (κ3) is 1.87. The molecule has 2 atom stereocenters. The predicted octanol–water partition coefficient (Wildman–Crippen LogP) is 1.04. The first-order valence-electron chi connectivity index (χ1n) is 4.99. The smallest absolute Gasteiger partial charge is 0.313 e. The molecule has 0 aromatic heterocycles. The van der Waals surface area contributed by atoms with Crippen molar-refractivity contribution < 1.29 is 19.7 Å². The van der Waals surface area contributed by atoms with Gasteiger partial charge in [0.1, 0.15) is 1.37 Å². The van der Waals surface area contributed by atoms with Crippen LogP contribution in [0.2, 0.25) is 0 Å². The van der Waals surface area contributed by atoms with Crippen molar-refractivity contribution in [3.63, 3.8) is 0 Å². The first-order valence-corrected chi connectivity index (χ1v) is 4.49. The number of halogens is 2. The van der Waals surface area contributed by atoms with Crippen LogP contribution in [0.1, 0.15) is 14.7 Å². The third-order valence-corrected chi connectivity index (χ3v) is 2.79. The lowest BCUT2D eigenvalue weighted by atomic mass is 9.73. The molecule has 1 rings (SSSR count). The lowest BCUT2D eigenvalue weighted by molar-refractivity contribution is -0.161. The van der Waals surface area contributed by atoms with E-state index in [2.05, 4.69) is 10.1 Å². The normalized spacial score (nSPS) is 34.9. The molecular weight excluding hydrogens is 192 g/mol. The van der Waals surface area contributed by atoms with E-state index in [0.717, 1.165) is 0 Å². The molecule has 0 spiro atoms. The summed E-state index contributed by atoms with van der Waals surface area (Å²) in [6, 6.07) is 0. The number of ether oxygens (including phenoxy) is 1. The number of nitrogens with one attached hydrogen (secondary N) is 1. The molecular formula is C9H15F2NO2. The minimum absolute atomic E-state index is 0.0993. The lowest BCUT2D eigenvalue weighted by Gasteiger charge is -2.38. The number of carbonyl (C=O) groups is 1. The van der Waals surface area contributed by atoms with Crippen molar-refractivity contribution in [3.8, 4) is 0 Å². The van der Waals surface area contributed by atoms with E-state index in [-0.39, 0.29) is 13.0 Å². The number of esters is 1. The van der Waals surface area contributed by atoms with Crippen LogP contribution in [0.25, 0.3) is 0 Å². The van der Waals surface area contributed by atoms with E-state index in [0.29, 0.717) is 6.54 Å². The van der Waals surface area contributed by atoms with E-state index >= 15 is 0 Å². The number of alkyl halides is 2. The van der Waals surface area contributed by atoms with Crippen molar-refractivity contribution in [2.45, 2.75) is 19.7 Å². The average Bonchev–Trinajstić information content (AvgIpc) is 2.15. The fourth-order valence-electron chi connectivity index (χ4n) is 1.83. The molecule has 0 bridgehead atoms. The molecule has 1 heterocycles. The molecule has 1 fully saturated rings. The second-order valence-corrected chi connectivity index (χ2v) is 3.72. The van der Waals surface area contributed by atoms with Crippen molar-refractivity contribution >= 4 is 5.97 Å². The average molecular weight is 208 g/mol. The number of hydrogen-bond donors (Lipinski definition) is 1. The molecule has 1 saturated heterocycles. The molecule has 14 heavy (non-hydrogen) atoms. The van der Waals surface area contributed by atoms with Crippen LogP contribution in [0.3, 0.4) is 0 Å². The molecule has 0 amide bonds. The number of piperidine rings is 1. The van der Waals surface area contributed by atoms with Gasteiger partial charge in [0.05, 0.1) is 12.5 Å². The van der Waals surface area contributed by atoms with E-state index in [1.165, 1.54) is 14.0 Å². The van der Waals surface area contributed by atoms with Crippen LogP contribution in [-0.2, 0) is 9.53 Å². The van der Waals surface area contributed by atoms with Crippen molar-refractivity contribution in [1.29, 1.82) is 0 Å². The van der Waals surface area contributed by atoms with Gasteiger partial charge in [-0.15, -0.1) is 0 Å². The van der Waals surface area contributed by atoms with Crippen LogP contribution in [-0.4, -0.2) is 32.6 Å². The van der Waals surface area contributed by atoms with Crippen LogP contribution in [0.15, 0.2) is 0 Å². The maximum absolute atomic E-state index is 13.0. The Bertz CT molecular complexity index is 257. The van der Waals surface area contributed by atoms with E-state index < -0.39 is 23.7 Å². The molecule has 0 aromatic carbocycles. The minimum atomic E-state index is -3.61. The van der Waals surface area contributed by atoms with Crippen molar-refractivity contribution in [1.82, 2.24) is 5.32 Å². The number of carbonyl (C=O) groups excluding carboxylic acids is 1. The Morgan fingerprint density at radius 2 is 2.43 bits per heavy atom. The summed E-state index contributed by atoms with van der Waals surface area (Å²) >= 11 is 0. The topological polar surface area (TPSA) is 38.3 Å². The predicted molar refractivity (Wildman–Crippen MR) is 47.1 cm³/mol. The first kappa shape index (κ1) is 9.83. The summed E-state index contributed by atoms with van der Waals surface area (Å²) in [5.74, 6) is -1.98. The van der Waals surface area contributed by atoms with Gasteiger partial charge in [0.25, 0.3) is 0 Å². The van der Waals surface area contributed by atoms with Gasteiger partial charge in [0, 0.05) is 12.5 Å². The van der Waals surface area contributed by atoms with E-state index in [4.69, 9.17) is 1.37 Å². The standard InChI is InChI=1S/C9H15F2NO2/c1-9(8(13)14-2)5-12-4-3-6(9)7(10)11/h6-7,12H,3-5H2,1-2H3/t6-,9-/m1/s1/i7D. The SMILES string of the molecule is [2H]C(F)(F)[C@H]1CCNC[C@@]1(C)C(=O)OC.